The van der Waals surface area contributed by atoms with Gasteiger partial charge in [0.05, 0.1) is 0 Å². The van der Waals surface area contributed by atoms with E-state index in [1.807, 2.05) is 24.8 Å². The lowest BCUT2D eigenvalue weighted by Gasteiger charge is -2.28. The van der Waals surface area contributed by atoms with Gasteiger partial charge in [-0.05, 0) is 62.7 Å². The Bertz CT molecular complexity index is 851. The Labute approximate surface area is 158 Å². The molecule has 0 spiro atoms. The van der Waals surface area contributed by atoms with Crippen molar-refractivity contribution >= 4 is 17.5 Å². The summed E-state index contributed by atoms with van der Waals surface area (Å²) in [4.78, 5) is 26.8. The van der Waals surface area contributed by atoms with Crippen molar-refractivity contribution in [1.82, 2.24) is 4.90 Å². The van der Waals surface area contributed by atoms with Crippen LogP contribution in [0.4, 0.5) is 10.1 Å². The Morgan fingerprint density at radius 1 is 1.30 bits per heavy atom. The van der Waals surface area contributed by atoms with Crippen LogP contribution in [0.15, 0.2) is 42.5 Å². The van der Waals surface area contributed by atoms with Crippen LogP contribution in [0.25, 0.3) is 0 Å². The average molecular weight is 370 g/mol. The molecule has 3 rings (SSSR count). The summed E-state index contributed by atoms with van der Waals surface area (Å²) in [6, 6.07) is 10.8. The van der Waals surface area contributed by atoms with Gasteiger partial charge in [0.15, 0.2) is 6.10 Å². The van der Waals surface area contributed by atoms with Crippen molar-refractivity contribution in [3.8, 4) is 5.75 Å². The number of nitrogens with zero attached hydrogens (tertiary/aromatic N) is 1. The Balaban J connectivity index is 1.84. The van der Waals surface area contributed by atoms with Crippen LogP contribution < -0.4 is 10.1 Å². The van der Waals surface area contributed by atoms with Gasteiger partial charge in [-0.1, -0.05) is 6.92 Å². The van der Waals surface area contributed by atoms with Crippen molar-refractivity contribution in [2.24, 2.45) is 0 Å². The summed E-state index contributed by atoms with van der Waals surface area (Å²) < 4.78 is 18.8. The molecule has 6 heteroatoms. The molecule has 1 aliphatic rings. The summed E-state index contributed by atoms with van der Waals surface area (Å²) in [5.74, 6) is -0.121. The van der Waals surface area contributed by atoms with Crippen molar-refractivity contribution in [3.63, 3.8) is 0 Å². The number of hydrogen-bond acceptors (Lipinski definition) is 3. The van der Waals surface area contributed by atoms with Gasteiger partial charge >= 0.3 is 0 Å². The second kappa shape index (κ2) is 7.78. The van der Waals surface area contributed by atoms with Gasteiger partial charge in [-0.15, -0.1) is 0 Å². The van der Waals surface area contributed by atoms with Crippen molar-refractivity contribution in [3.05, 3.63) is 59.4 Å². The van der Waals surface area contributed by atoms with Crippen molar-refractivity contribution in [2.75, 3.05) is 5.32 Å². The van der Waals surface area contributed by atoms with E-state index in [0.29, 0.717) is 23.5 Å². The van der Waals surface area contributed by atoms with E-state index in [0.717, 1.165) is 12.0 Å². The topological polar surface area (TPSA) is 58.6 Å². The predicted octanol–water partition coefficient (Wildman–Crippen LogP) is 3.99. The minimum absolute atomic E-state index is 0.0440. The number of ether oxygens (including phenoxy) is 1. The van der Waals surface area contributed by atoms with Gasteiger partial charge in [0, 0.05) is 29.4 Å². The summed E-state index contributed by atoms with van der Waals surface area (Å²) in [5, 5.41) is 2.81. The standard InChI is InChI=1S/C21H23FN2O3/c1-4-13(2)24-12-16-11-18(9-10-19(16)27-14(3)21(24)26)23-20(25)15-5-7-17(22)8-6-15/h5-11,13-14H,4,12H2,1-3H3,(H,23,25)/t13-,14+/m0/s1. The van der Waals surface area contributed by atoms with Gasteiger partial charge in [0.2, 0.25) is 0 Å². The molecule has 2 aromatic rings. The molecule has 0 unspecified atom stereocenters. The fourth-order valence-electron chi connectivity index (χ4n) is 3.03. The molecule has 2 atom stereocenters. The van der Waals surface area contributed by atoms with Crippen LogP contribution in [0.1, 0.15) is 43.1 Å². The van der Waals surface area contributed by atoms with Gasteiger partial charge in [0.1, 0.15) is 11.6 Å². The number of carbonyl (C=O) groups is 2. The van der Waals surface area contributed by atoms with Crippen LogP contribution in [0, 0.1) is 5.82 Å². The molecule has 0 radical (unpaired) electrons. The minimum Gasteiger partial charge on any atom is -0.481 e. The quantitative estimate of drug-likeness (QED) is 0.885. The molecule has 0 fully saturated rings. The summed E-state index contributed by atoms with van der Waals surface area (Å²) in [5.41, 5.74) is 1.80. The molecule has 0 saturated heterocycles. The third-order valence-corrected chi connectivity index (χ3v) is 4.82. The van der Waals surface area contributed by atoms with Crippen LogP contribution >= 0.6 is 0 Å². The lowest BCUT2D eigenvalue weighted by Crippen LogP contribution is -2.42. The van der Waals surface area contributed by atoms with Crippen LogP contribution in [-0.2, 0) is 11.3 Å². The van der Waals surface area contributed by atoms with Crippen molar-refractivity contribution in [2.45, 2.75) is 45.9 Å². The predicted molar refractivity (Wildman–Crippen MR) is 101 cm³/mol. The summed E-state index contributed by atoms with van der Waals surface area (Å²) in [6.07, 6.45) is 0.286. The van der Waals surface area contributed by atoms with Gasteiger partial charge < -0.3 is 15.0 Å². The van der Waals surface area contributed by atoms with Gasteiger partial charge in [-0.25, -0.2) is 4.39 Å². The number of hydrogen-bond donors (Lipinski definition) is 1. The van der Waals surface area contributed by atoms with Gasteiger partial charge in [-0.2, -0.15) is 0 Å². The minimum atomic E-state index is -0.556. The number of carbonyl (C=O) groups excluding carboxylic acids is 2. The number of anilines is 1. The highest BCUT2D eigenvalue weighted by Crippen LogP contribution is 2.30. The lowest BCUT2D eigenvalue weighted by molar-refractivity contribution is -0.139. The fourth-order valence-corrected chi connectivity index (χ4v) is 3.03. The Kier molecular flexibility index (Phi) is 5.44. The Hall–Kier alpha value is -2.89. The number of halogens is 1. The maximum Gasteiger partial charge on any atom is 0.263 e. The first kappa shape index (κ1) is 18.9. The average Bonchev–Trinajstić information content (AvgIpc) is 2.78. The second-order valence-corrected chi connectivity index (χ2v) is 6.77. The SMILES string of the molecule is CC[C@H](C)N1Cc2cc(NC(=O)c3ccc(F)cc3)ccc2O[C@H](C)C1=O. The molecule has 0 aromatic heterocycles. The van der Waals surface area contributed by atoms with Crippen LogP contribution in [0.3, 0.4) is 0 Å². The number of nitrogens with one attached hydrogen (secondary N) is 1. The van der Waals surface area contributed by atoms with E-state index in [1.165, 1.54) is 24.3 Å². The van der Waals surface area contributed by atoms with E-state index < -0.39 is 11.9 Å². The highest BCUT2D eigenvalue weighted by molar-refractivity contribution is 6.04. The maximum absolute atomic E-state index is 13.0. The molecule has 142 valence electrons. The molecule has 27 heavy (non-hydrogen) atoms. The van der Waals surface area contributed by atoms with Crippen molar-refractivity contribution in [1.29, 1.82) is 0 Å². The van der Waals surface area contributed by atoms with E-state index in [4.69, 9.17) is 4.74 Å². The third-order valence-electron chi connectivity index (χ3n) is 4.82. The lowest BCUT2D eigenvalue weighted by atomic mass is 10.1. The number of benzene rings is 2. The molecule has 1 aliphatic heterocycles. The van der Waals surface area contributed by atoms with Crippen LogP contribution in [0.2, 0.25) is 0 Å². The van der Waals surface area contributed by atoms with Crippen molar-refractivity contribution < 1.29 is 18.7 Å². The molecule has 2 amide bonds. The van der Waals surface area contributed by atoms with Gasteiger partial charge in [-0.3, -0.25) is 9.59 Å². The summed E-state index contributed by atoms with van der Waals surface area (Å²) >= 11 is 0. The normalized spacial score (nSPS) is 17.6. The molecule has 0 saturated carbocycles. The Morgan fingerprint density at radius 2 is 2.00 bits per heavy atom. The molecule has 1 N–H and O–H groups in total. The van der Waals surface area contributed by atoms with E-state index >= 15 is 0 Å². The fraction of sp³-hybridized carbons (Fsp3) is 0.333. The number of fused-ring (bicyclic) bond motifs is 1. The van der Waals surface area contributed by atoms with E-state index in [9.17, 15) is 14.0 Å². The Morgan fingerprint density at radius 3 is 2.67 bits per heavy atom. The summed E-state index contributed by atoms with van der Waals surface area (Å²) in [7, 11) is 0. The second-order valence-electron chi connectivity index (χ2n) is 6.77. The first-order valence-corrected chi connectivity index (χ1v) is 9.06. The number of amides is 2. The highest BCUT2D eigenvalue weighted by Gasteiger charge is 2.30. The van der Waals surface area contributed by atoms with Gasteiger partial charge in [0.25, 0.3) is 11.8 Å². The molecule has 0 aliphatic carbocycles. The zero-order chi connectivity index (χ0) is 19.6. The summed E-state index contributed by atoms with van der Waals surface area (Å²) in [6.45, 7) is 6.22. The van der Waals surface area contributed by atoms with E-state index in [-0.39, 0.29) is 17.9 Å². The van der Waals surface area contributed by atoms with E-state index in [1.54, 1.807) is 19.1 Å². The molecule has 2 aromatic carbocycles. The first-order chi connectivity index (χ1) is 12.9. The highest BCUT2D eigenvalue weighted by atomic mass is 19.1. The molecular weight excluding hydrogens is 347 g/mol. The van der Waals surface area contributed by atoms with Crippen LogP contribution in [0.5, 0.6) is 5.75 Å². The largest absolute Gasteiger partial charge is 0.481 e. The smallest absolute Gasteiger partial charge is 0.263 e. The zero-order valence-corrected chi connectivity index (χ0v) is 15.7. The van der Waals surface area contributed by atoms with Crippen LogP contribution in [-0.4, -0.2) is 28.9 Å². The number of rotatable bonds is 4. The molecule has 5 nitrogen and oxygen atoms in total. The van der Waals surface area contributed by atoms with E-state index in [2.05, 4.69) is 5.32 Å². The monoisotopic (exact) mass is 370 g/mol. The molecule has 0 bridgehead atoms. The molecular formula is C21H23FN2O3. The third kappa shape index (κ3) is 4.10. The maximum atomic E-state index is 13.0. The molecule has 1 heterocycles. The first-order valence-electron chi connectivity index (χ1n) is 9.06. The zero-order valence-electron chi connectivity index (χ0n) is 15.7.